The maximum absolute atomic E-state index is 12.2. The maximum Gasteiger partial charge on any atom is 0.265 e. The Bertz CT molecular complexity index is 629. The Hall–Kier alpha value is -2.12. The van der Waals surface area contributed by atoms with Crippen molar-refractivity contribution in [3.8, 4) is 5.75 Å². The van der Waals surface area contributed by atoms with Crippen LogP contribution < -0.4 is 19.9 Å². The zero-order valence-corrected chi connectivity index (χ0v) is 14.7. The summed E-state index contributed by atoms with van der Waals surface area (Å²) in [4.78, 5) is 27.4. The van der Waals surface area contributed by atoms with E-state index in [1.165, 1.54) is 4.90 Å². The van der Waals surface area contributed by atoms with Crippen molar-refractivity contribution in [3.63, 3.8) is 0 Å². The normalized spacial score (nSPS) is 17.8. The molecule has 136 valence electrons. The van der Waals surface area contributed by atoms with Crippen LogP contribution in [0.1, 0.15) is 12.0 Å². The van der Waals surface area contributed by atoms with E-state index < -0.39 is 0 Å². The molecule has 7 heteroatoms. The summed E-state index contributed by atoms with van der Waals surface area (Å²) < 4.78 is 10.8. The van der Waals surface area contributed by atoms with Gasteiger partial charge in [0.25, 0.3) is 5.91 Å². The van der Waals surface area contributed by atoms with Gasteiger partial charge in [0.2, 0.25) is 5.91 Å². The van der Waals surface area contributed by atoms with E-state index in [2.05, 4.69) is 5.32 Å². The Kier molecular flexibility index (Phi) is 5.88. The zero-order valence-electron chi connectivity index (χ0n) is 14.7. The summed E-state index contributed by atoms with van der Waals surface area (Å²) in [5, 5.41) is 2.95. The summed E-state index contributed by atoms with van der Waals surface area (Å²) >= 11 is 0. The van der Waals surface area contributed by atoms with E-state index in [-0.39, 0.29) is 24.8 Å². The van der Waals surface area contributed by atoms with Gasteiger partial charge in [0, 0.05) is 13.0 Å². The minimum atomic E-state index is -0.108. The zero-order chi connectivity index (χ0) is 17.6. The van der Waals surface area contributed by atoms with Crippen LogP contribution in [0.15, 0.2) is 18.2 Å². The lowest BCUT2D eigenvalue weighted by Gasteiger charge is -2.29. The molecule has 0 aromatic heterocycles. The number of fused-ring (bicyclic) bond motifs is 1. The number of ether oxygens (including phenoxy) is 2. The predicted octanol–water partition coefficient (Wildman–Crippen LogP) is -0.858. The van der Waals surface area contributed by atoms with Gasteiger partial charge in [-0.25, -0.2) is 0 Å². The Morgan fingerprint density at radius 1 is 1.32 bits per heavy atom. The molecule has 2 N–H and O–H groups in total. The highest BCUT2D eigenvalue weighted by Crippen LogP contribution is 2.32. The van der Waals surface area contributed by atoms with Gasteiger partial charge < -0.3 is 24.6 Å². The average Bonchev–Trinajstić information content (AvgIpc) is 2.62. The van der Waals surface area contributed by atoms with Crippen molar-refractivity contribution in [1.29, 1.82) is 0 Å². The first kappa shape index (κ1) is 17.7. The first-order valence-electron chi connectivity index (χ1n) is 8.85. The molecule has 2 aliphatic heterocycles. The standard InChI is InChI=1S/C18H25N3O4/c1-14-2-3-16-15(12-14)21(18(23)13-25-16)6-4-17(22)19-5-7-20-8-10-24-11-9-20/h2-3,12H,4-11,13H2,1H3,(H,19,22)/p+1. The Labute approximate surface area is 147 Å². The summed E-state index contributed by atoms with van der Waals surface area (Å²) in [5.41, 5.74) is 1.81. The van der Waals surface area contributed by atoms with Gasteiger partial charge in [-0.15, -0.1) is 0 Å². The van der Waals surface area contributed by atoms with Crippen LogP contribution in [0.3, 0.4) is 0 Å². The number of anilines is 1. The summed E-state index contributed by atoms with van der Waals surface area (Å²) in [5.74, 6) is 0.561. The number of nitrogens with zero attached hydrogens (tertiary/aromatic N) is 1. The van der Waals surface area contributed by atoms with Crippen LogP contribution in [0.4, 0.5) is 5.69 Å². The number of nitrogens with one attached hydrogen (secondary N) is 2. The van der Waals surface area contributed by atoms with Crippen LogP contribution in [0.5, 0.6) is 5.75 Å². The average molecular weight is 348 g/mol. The lowest BCUT2D eigenvalue weighted by molar-refractivity contribution is -0.906. The number of morpholine rings is 1. The first-order valence-corrected chi connectivity index (χ1v) is 8.85. The summed E-state index contributed by atoms with van der Waals surface area (Å²) in [6, 6.07) is 5.74. The minimum Gasteiger partial charge on any atom is -0.482 e. The number of carbonyl (C=O) groups is 2. The largest absolute Gasteiger partial charge is 0.482 e. The van der Waals surface area contributed by atoms with E-state index in [0.29, 0.717) is 18.8 Å². The third-order valence-electron chi connectivity index (χ3n) is 4.62. The predicted molar refractivity (Wildman–Crippen MR) is 93.0 cm³/mol. The molecule has 0 aliphatic carbocycles. The van der Waals surface area contributed by atoms with Crippen molar-refractivity contribution in [2.24, 2.45) is 0 Å². The molecule has 2 aliphatic rings. The molecule has 2 amide bonds. The van der Waals surface area contributed by atoms with Crippen LogP contribution >= 0.6 is 0 Å². The van der Waals surface area contributed by atoms with Crippen molar-refractivity contribution in [3.05, 3.63) is 23.8 Å². The fourth-order valence-electron chi connectivity index (χ4n) is 3.15. The second kappa shape index (κ2) is 8.31. The molecule has 1 aromatic rings. The highest BCUT2D eigenvalue weighted by molar-refractivity contribution is 5.98. The summed E-state index contributed by atoms with van der Waals surface area (Å²) in [6.45, 7) is 7.50. The van der Waals surface area contributed by atoms with E-state index in [4.69, 9.17) is 9.47 Å². The quantitative estimate of drug-likeness (QED) is 0.702. The second-order valence-electron chi connectivity index (χ2n) is 6.52. The molecule has 1 saturated heterocycles. The van der Waals surface area contributed by atoms with Crippen LogP contribution in [-0.2, 0) is 14.3 Å². The number of benzene rings is 1. The third-order valence-corrected chi connectivity index (χ3v) is 4.62. The number of hydrogen-bond acceptors (Lipinski definition) is 4. The molecule has 1 fully saturated rings. The molecule has 1 aromatic carbocycles. The van der Waals surface area contributed by atoms with Crippen molar-refractivity contribution >= 4 is 17.5 Å². The Morgan fingerprint density at radius 2 is 2.12 bits per heavy atom. The number of carbonyl (C=O) groups excluding carboxylic acids is 2. The molecule has 0 bridgehead atoms. The van der Waals surface area contributed by atoms with E-state index in [0.717, 1.165) is 44.1 Å². The van der Waals surface area contributed by atoms with Crippen molar-refractivity contribution < 1.29 is 24.0 Å². The number of rotatable bonds is 6. The Balaban J connectivity index is 1.47. The minimum absolute atomic E-state index is 0.0259. The molecule has 7 nitrogen and oxygen atoms in total. The van der Waals surface area contributed by atoms with E-state index in [1.54, 1.807) is 4.90 Å². The molecule has 25 heavy (non-hydrogen) atoms. The van der Waals surface area contributed by atoms with Crippen LogP contribution in [-0.4, -0.2) is 64.4 Å². The molecule has 2 heterocycles. The highest BCUT2D eigenvalue weighted by Gasteiger charge is 2.25. The highest BCUT2D eigenvalue weighted by atomic mass is 16.5. The van der Waals surface area contributed by atoms with Crippen LogP contribution in [0.2, 0.25) is 0 Å². The lowest BCUT2D eigenvalue weighted by atomic mass is 10.1. The van der Waals surface area contributed by atoms with E-state index >= 15 is 0 Å². The van der Waals surface area contributed by atoms with Gasteiger partial charge in [-0.1, -0.05) is 6.07 Å². The summed E-state index contributed by atoms with van der Waals surface area (Å²) in [7, 11) is 0. The van der Waals surface area contributed by atoms with Crippen molar-refractivity contribution in [2.45, 2.75) is 13.3 Å². The lowest BCUT2D eigenvalue weighted by Crippen LogP contribution is -3.14. The van der Waals surface area contributed by atoms with Crippen LogP contribution in [0, 0.1) is 6.92 Å². The number of aryl methyl sites for hydroxylation is 1. The molecule has 0 saturated carbocycles. The summed E-state index contributed by atoms with van der Waals surface area (Å²) in [6.07, 6.45) is 0.289. The molecule has 3 rings (SSSR count). The third kappa shape index (κ3) is 4.70. The fourth-order valence-corrected chi connectivity index (χ4v) is 3.15. The van der Waals surface area contributed by atoms with Gasteiger partial charge in [0.1, 0.15) is 18.8 Å². The number of hydrogen-bond donors (Lipinski definition) is 2. The van der Waals surface area contributed by atoms with Gasteiger partial charge >= 0.3 is 0 Å². The molecule has 0 atom stereocenters. The molecule has 0 spiro atoms. The van der Waals surface area contributed by atoms with E-state index in [9.17, 15) is 9.59 Å². The number of amides is 2. The topological polar surface area (TPSA) is 72.3 Å². The van der Waals surface area contributed by atoms with Gasteiger partial charge in [-0.3, -0.25) is 9.59 Å². The van der Waals surface area contributed by atoms with Crippen LogP contribution in [0.25, 0.3) is 0 Å². The van der Waals surface area contributed by atoms with Gasteiger partial charge in [-0.2, -0.15) is 0 Å². The molecule has 0 unspecified atom stereocenters. The SMILES string of the molecule is Cc1ccc2c(c1)N(CCC(=O)NCC[NH+]1CCOCC1)C(=O)CO2. The van der Waals surface area contributed by atoms with Crippen molar-refractivity contribution in [2.75, 3.05) is 57.4 Å². The Morgan fingerprint density at radius 3 is 2.92 bits per heavy atom. The molecule has 0 radical (unpaired) electrons. The van der Waals surface area contributed by atoms with Gasteiger partial charge in [-0.05, 0) is 24.6 Å². The fraction of sp³-hybridized carbons (Fsp3) is 0.556. The first-order chi connectivity index (χ1) is 12.1. The van der Waals surface area contributed by atoms with Gasteiger partial charge in [0.15, 0.2) is 6.61 Å². The maximum atomic E-state index is 12.2. The second-order valence-corrected chi connectivity index (χ2v) is 6.52. The van der Waals surface area contributed by atoms with E-state index in [1.807, 2.05) is 25.1 Å². The molecular formula is C18H26N3O4+. The molecular weight excluding hydrogens is 322 g/mol. The monoisotopic (exact) mass is 348 g/mol. The number of quaternary nitrogens is 1. The van der Waals surface area contributed by atoms with Gasteiger partial charge in [0.05, 0.1) is 32.0 Å². The smallest absolute Gasteiger partial charge is 0.265 e. The van der Waals surface area contributed by atoms with Crippen molar-refractivity contribution in [1.82, 2.24) is 5.32 Å².